The summed E-state index contributed by atoms with van der Waals surface area (Å²) in [4.78, 5) is 0.793. The van der Waals surface area contributed by atoms with Crippen molar-refractivity contribution in [3.05, 3.63) is 113 Å². The van der Waals surface area contributed by atoms with Gasteiger partial charge in [-0.25, -0.2) is 16.8 Å². The van der Waals surface area contributed by atoms with Crippen LogP contribution in [0.25, 0.3) is 0 Å². The lowest BCUT2D eigenvalue weighted by atomic mass is 10.0. The molecule has 0 bridgehead atoms. The predicted octanol–water partition coefficient (Wildman–Crippen LogP) is 6.00. The van der Waals surface area contributed by atoms with Crippen molar-refractivity contribution >= 4 is 31.3 Å². The van der Waals surface area contributed by atoms with Gasteiger partial charge in [0.25, 0.3) is 0 Å². The monoisotopic (exact) mass is 540 g/mol. The van der Waals surface area contributed by atoms with E-state index < -0.39 is 19.7 Å². The van der Waals surface area contributed by atoms with Gasteiger partial charge in [0.15, 0.2) is 0 Å². The number of hydrogen-bond acceptors (Lipinski definition) is 5. The maximum Gasteiger partial charge on any atom is 0.206 e. The molecule has 186 valence electrons. The smallest absolute Gasteiger partial charge is 0.206 e. The second kappa shape index (κ2) is 10.5. The summed E-state index contributed by atoms with van der Waals surface area (Å²) in [5.41, 5.74) is 3.44. The van der Waals surface area contributed by atoms with E-state index in [1.54, 1.807) is 78.9 Å². The van der Waals surface area contributed by atoms with Crippen LogP contribution in [0.4, 0.5) is 0 Å². The van der Waals surface area contributed by atoms with Gasteiger partial charge in [-0.3, -0.25) is 0 Å². The Kier molecular flexibility index (Phi) is 7.54. The molecule has 0 aliphatic rings. The summed E-state index contributed by atoms with van der Waals surface area (Å²) in [6.07, 6.45) is 0.482. The van der Waals surface area contributed by atoms with Crippen molar-refractivity contribution in [2.75, 3.05) is 7.11 Å². The fourth-order valence-electron chi connectivity index (χ4n) is 3.82. The largest absolute Gasteiger partial charge is 0.497 e. The molecule has 4 rings (SSSR count). The van der Waals surface area contributed by atoms with Gasteiger partial charge in [-0.15, -0.1) is 11.6 Å². The first-order valence-electron chi connectivity index (χ1n) is 11.1. The van der Waals surface area contributed by atoms with Gasteiger partial charge in [0.05, 0.1) is 26.7 Å². The molecule has 0 aliphatic heterocycles. The van der Waals surface area contributed by atoms with Crippen molar-refractivity contribution in [1.82, 2.24) is 0 Å². The lowest BCUT2D eigenvalue weighted by Gasteiger charge is -2.12. The normalized spacial score (nSPS) is 11.9. The maximum absolute atomic E-state index is 13.1. The van der Waals surface area contributed by atoms with Crippen molar-refractivity contribution in [3.8, 4) is 5.75 Å². The minimum atomic E-state index is -3.66. The van der Waals surface area contributed by atoms with Crippen LogP contribution in [0.15, 0.2) is 111 Å². The Morgan fingerprint density at radius 1 is 0.639 bits per heavy atom. The van der Waals surface area contributed by atoms with Gasteiger partial charge in [-0.05, 0) is 90.7 Å². The second-order valence-corrected chi connectivity index (χ2v) is 12.5. The first kappa shape index (κ1) is 25.9. The SMILES string of the molecule is COc1ccc(S(=O)(=O)c2ccc(Cc3ccc(S(=O)(=O)c4ccc(C)cc4)cc3CCl)cc2)cc1. The van der Waals surface area contributed by atoms with E-state index in [0.29, 0.717) is 17.7 Å². The van der Waals surface area contributed by atoms with Crippen LogP contribution in [-0.4, -0.2) is 23.9 Å². The number of ether oxygens (including phenoxy) is 1. The number of sulfone groups is 2. The summed E-state index contributed by atoms with van der Waals surface area (Å²) < 4.78 is 57.1. The summed E-state index contributed by atoms with van der Waals surface area (Å²) in [6.45, 7) is 1.90. The van der Waals surface area contributed by atoms with Gasteiger partial charge in [0, 0.05) is 5.88 Å². The number of benzene rings is 4. The Labute approximate surface area is 217 Å². The zero-order valence-corrected chi connectivity index (χ0v) is 22.2. The van der Waals surface area contributed by atoms with Crippen LogP contribution in [0, 0.1) is 6.92 Å². The third kappa shape index (κ3) is 5.33. The molecule has 0 fully saturated rings. The molecule has 0 N–H and O–H groups in total. The minimum Gasteiger partial charge on any atom is -0.497 e. The quantitative estimate of drug-likeness (QED) is 0.256. The molecule has 0 aromatic heterocycles. The number of halogens is 1. The van der Waals surface area contributed by atoms with E-state index in [4.69, 9.17) is 16.3 Å². The van der Waals surface area contributed by atoms with Crippen LogP contribution in [0.5, 0.6) is 5.75 Å². The Bertz CT molecular complexity index is 1580. The number of alkyl halides is 1. The average Bonchev–Trinajstić information content (AvgIpc) is 2.89. The highest BCUT2D eigenvalue weighted by Crippen LogP contribution is 2.27. The Morgan fingerprint density at radius 2 is 1.11 bits per heavy atom. The van der Waals surface area contributed by atoms with Crippen LogP contribution in [0.1, 0.15) is 22.3 Å². The molecule has 0 saturated heterocycles. The number of hydrogen-bond donors (Lipinski definition) is 0. The predicted molar refractivity (Wildman–Crippen MR) is 140 cm³/mol. The molecule has 0 radical (unpaired) electrons. The highest BCUT2D eigenvalue weighted by atomic mass is 35.5. The van der Waals surface area contributed by atoms with Crippen LogP contribution >= 0.6 is 11.6 Å². The van der Waals surface area contributed by atoms with Crippen molar-refractivity contribution in [2.45, 2.75) is 38.8 Å². The zero-order chi connectivity index (χ0) is 25.9. The van der Waals surface area contributed by atoms with Crippen LogP contribution in [0.2, 0.25) is 0 Å². The van der Waals surface area contributed by atoms with Gasteiger partial charge < -0.3 is 4.74 Å². The van der Waals surface area contributed by atoms with E-state index in [0.717, 1.165) is 16.7 Å². The third-order valence-electron chi connectivity index (χ3n) is 5.96. The van der Waals surface area contributed by atoms with Gasteiger partial charge >= 0.3 is 0 Å². The van der Waals surface area contributed by atoms with E-state index in [-0.39, 0.29) is 25.5 Å². The van der Waals surface area contributed by atoms with Crippen molar-refractivity contribution in [3.63, 3.8) is 0 Å². The van der Waals surface area contributed by atoms with E-state index in [1.165, 1.54) is 19.2 Å². The zero-order valence-electron chi connectivity index (χ0n) is 19.8. The Balaban J connectivity index is 1.57. The molecule has 5 nitrogen and oxygen atoms in total. The standard InChI is InChI=1S/C28H25ClO5S2/c1-20-3-10-25(11-4-20)36(32,33)28-14-7-22(23(18-28)19-29)17-21-5-12-26(13-6-21)35(30,31)27-15-8-24(34-2)9-16-27/h3-16,18H,17,19H2,1-2H3. The molecular weight excluding hydrogens is 516 g/mol. The van der Waals surface area contributed by atoms with E-state index in [2.05, 4.69) is 0 Å². The van der Waals surface area contributed by atoms with Gasteiger partial charge in [-0.1, -0.05) is 35.9 Å². The van der Waals surface area contributed by atoms with E-state index in [1.807, 2.05) is 6.92 Å². The van der Waals surface area contributed by atoms with Gasteiger partial charge in [0.2, 0.25) is 19.7 Å². The van der Waals surface area contributed by atoms with Gasteiger partial charge in [-0.2, -0.15) is 0 Å². The number of methoxy groups -OCH3 is 1. The molecule has 0 spiro atoms. The first-order chi connectivity index (χ1) is 17.1. The molecule has 36 heavy (non-hydrogen) atoms. The van der Waals surface area contributed by atoms with Crippen LogP contribution in [-0.2, 0) is 32.0 Å². The fourth-order valence-corrected chi connectivity index (χ4v) is 6.64. The lowest BCUT2D eigenvalue weighted by molar-refractivity contribution is 0.414. The average molecular weight is 541 g/mol. The topological polar surface area (TPSA) is 77.5 Å². The maximum atomic E-state index is 13.1. The van der Waals surface area contributed by atoms with Crippen LogP contribution < -0.4 is 4.74 Å². The number of aryl methyl sites for hydroxylation is 1. The van der Waals surface area contributed by atoms with Crippen molar-refractivity contribution in [2.24, 2.45) is 0 Å². The first-order valence-corrected chi connectivity index (χ1v) is 14.6. The summed E-state index contributed by atoms with van der Waals surface area (Å²) in [6, 6.07) is 24.6. The summed E-state index contributed by atoms with van der Waals surface area (Å²) >= 11 is 6.18. The molecule has 0 unspecified atom stereocenters. The molecule has 4 aromatic rings. The summed E-state index contributed by atoms with van der Waals surface area (Å²) in [5.74, 6) is 0.730. The Morgan fingerprint density at radius 3 is 1.64 bits per heavy atom. The van der Waals surface area contributed by atoms with Crippen molar-refractivity contribution < 1.29 is 21.6 Å². The molecule has 0 aliphatic carbocycles. The van der Waals surface area contributed by atoms with E-state index in [9.17, 15) is 16.8 Å². The molecular formula is C28H25ClO5S2. The molecule has 0 atom stereocenters. The highest BCUT2D eigenvalue weighted by Gasteiger charge is 2.20. The third-order valence-corrected chi connectivity index (χ3v) is 9.80. The molecule has 8 heteroatoms. The Hall–Kier alpha value is -3.13. The van der Waals surface area contributed by atoms with Gasteiger partial charge in [0.1, 0.15) is 5.75 Å². The molecule has 0 amide bonds. The minimum absolute atomic E-state index is 0.149. The molecule has 0 heterocycles. The van der Waals surface area contributed by atoms with Crippen LogP contribution in [0.3, 0.4) is 0 Å². The molecule has 4 aromatic carbocycles. The van der Waals surface area contributed by atoms with Crippen molar-refractivity contribution in [1.29, 1.82) is 0 Å². The highest BCUT2D eigenvalue weighted by molar-refractivity contribution is 7.91. The lowest BCUT2D eigenvalue weighted by Crippen LogP contribution is -2.05. The van der Waals surface area contributed by atoms with E-state index >= 15 is 0 Å². The number of rotatable bonds is 8. The molecule has 0 saturated carbocycles. The second-order valence-electron chi connectivity index (χ2n) is 8.38. The summed E-state index contributed by atoms with van der Waals surface area (Å²) in [5, 5.41) is 0. The fraction of sp³-hybridized carbons (Fsp3) is 0.143. The summed E-state index contributed by atoms with van der Waals surface area (Å²) in [7, 11) is -5.80.